The Balaban J connectivity index is 2.12. The summed E-state index contributed by atoms with van der Waals surface area (Å²) in [4.78, 5) is 14.8. The molecule has 0 saturated heterocycles. The maximum absolute atomic E-state index is 10.7. The summed E-state index contributed by atoms with van der Waals surface area (Å²) < 4.78 is 5.32. The van der Waals surface area contributed by atoms with E-state index in [0.29, 0.717) is 11.1 Å². The average Bonchev–Trinajstić information content (AvgIpc) is 2.69. The monoisotopic (exact) mass is 236 g/mol. The van der Waals surface area contributed by atoms with E-state index in [1.54, 1.807) is 12.1 Å². The maximum atomic E-state index is 10.7. The minimum Gasteiger partial charge on any atom is -0.479 e. The van der Waals surface area contributed by atoms with Crippen molar-refractivity contribution in [1.82, 2.24) is 4.98 Å². The third kappa shape index (κ3) is 2.36. The summed E-state index contributed by atoms with van der Waals surface area (Å²) >= 11 is 0. The van der Waals surface area contributed by atoms with E-state index in [0.717, 1.165) is 0 Å². The van der Waals surface area contributed by atoms with E-state index in [4.69, 9.17) is 9.52 Å². The number of oxazole rings is 1. The largest absolute Gasteiger partial charge is 0.479 e. The van der Waals surface area contributed by atoms with Crippen LogP contribution in [-0.4, -0.2) is 33.3 Å². The standard InChI is InChI=1S/C11H12N2O4/c1-11(16,9(14)15)6-12-10-13-7-4-2-3-5-8(7)17-10/h2-5,16H,6H2,1H3,(H,12,13)(H,14,15). The quantitative estimate of drug-likeness (QED) is 0.735. The Labute approximate surface area is 96.9 Å². The maximum Gasteiger partial charge on any atom is 0.337 e. The number of hydrogen-bond donors (Lipinski definition) is 3. The highest BCUT2D eigenvalue weighted by Gasteiger charge is 2.30. The smallest absolute Gasteiger partial charge is 0.337 e. The van der Waals surface area contributed by atoms with Crippen molar-refractivity contribution < 1.29 is 19.4 Å². The number of aromatic nitrogens is 1. The number of anilines is 1. The van der Waals surface area contributed by atoms with Crippen molar-refractivity contribution in [3.63, 3.8) is 0 Å². The van der Waals surface area contributed by atoms with Crippen molar-refractivity contribution in [2.75, 3.05) is 11.9 Å². The van der Waals surface area contributed by atoms with Gasteiger partial charge in [0.1, 0.15) is 5.52 Å². The lowest BCUT2D eigenvalue weighted by atomic mass is 10.1. The van der Waals surface area contributed by atoms with Crippen LogP contribution < -0.4 is 5.32 Å². The first-order chi connectivity index (χ1) is 7.99. The van der Waals surface area contributed by atoms with E-state index in [-0.39, 0.29) is 12.6 Å². The number of rotatable bonds is 4. The van der Waals surface area contributed by atoms with Crippen LogP contribution in [-0.2, 0) is 4.79 Å². The van der Waals surface area contributed by atoms with Crippen LogP contribution in [0.25, 0.3) is 11.1 Å². The lowest BCUT2D eigenvalue weighted by Gasteiger charge is -2.17. The molecule has 2 rings (SSSR count). The fourth-order valence-corrected chi connectivity index (χ4v) is 1.27. The molecule has 0 aliphatic rings. The fourth-order valence-electron chi connectivity index (χ4n) is 1.27. The second-order valence-corrected chi connectivity index (χ2v) is 3.92. The van der Waals surface area contributed by atoms with Gasteiger partial charge in [0.25, 0.3) is 6.01 Å². The lowest BCUT2D eigenvalue weighted by molar-refractivity contribution is -0.155. The summed E-state index contributed by atoms with van der Waals surface area (Å²) in [7, 11) is 0. The van der Waals surface area contributed by atoms with Crippen LogP contribution in [0.2, 0.25) is 0 Å². The first kappa shape index (κ1) is 11.4. The van der Waals surface area contributed by atoms with Crippen molar-refractivity contribution in [3.8, 4) is 0 Å². The van der Waals surface area contributed by atoms with Gasteiger partial charge >= 0.3 is 5.97 Å². The number of para-hydroxylation sites is 2. The fraction of sp³-hybridized carbons (Fsp3) is 0.273. The Hall–Kier alpha value is -2.08. The summed E-state index contributed by atoms with van der Waals surface area (Å²) in [6, 6.07) is 7.35. The van der Waals surface area contributed by atoms with Crippen molar-refractivity contribution in [3.05, 3.63) is 24.3 Å². The summed E-state index contributed by atoms with van der Waals surface area (Å²) in [6.07, 6.45) is 0. The number of benzene rings is 1. The Morgan fingerprint density at radius 2 is 2.24 bits per heavy atom. The highest BCUT2D eigenvalue weighted by molar-refractivity contribution is 5.77. The Kier molecular flexibility index (Phi) is 2.72. The number of carboxylic acids is 1. The molecule has 1 atom stereocenters. The first-order valence-corrected chi connectivity index (χ1v) is 5.04. The molecule has 6 nitrogen and oxygen atoms in total. The summed E-state index contributed by atoms with van der Waals surface area (Å²) in [5, 5.41) is 20.9. The summed E-state index contributed by atoms with van der Waals surface area (Å²) in [5.74, 6) is -1.30. The summed E-state index contributed by atoms with van der Waals surface area (Å²) in [5.41, 5.74) is -0.587. The lowest BCUT2D eigenvalue weighted by Crippen LogP contribution is -2.41. The van der Waals surface area contributed by atoms with Gasteiger partial charge in [0.15, 0.2) is 11.2 Å². The van der Waals surface area contributed by atoms with E-state index in [1.165, 1.54) is 6.92 Å². The van der Waals surface area contributed by atoms with Gasteiger partial charge in [-0.1, -0.05) is 12.1 Å². The van der Waals surface area contributed by atoms with Gasteiger partial charge in [0, 0.05) is 0 Å². The Morgan fingerprint density at radius 1 is 1.53 bits per heavy atom. The normalized spacial score (nSPS) is 14.5. The molecule has 90 valence electrons. The van der Waals surface area contributed by atoms with Crippen LogP contribution in [0.15, 0.2) is 28.7 Å². The van der Waals surface area contributed by atoms with Gasteiger partial charge in [-0.2, -0.15) is 4.98 Å². The average molecular weight is 236 g/mol. The van der Waals surface area contributed by atoms with Crippen LogP contribution in [0.4, 0.5) is 6.01 Å². The molecule has 0 aliphatic carbocycles. The molecule has 6 heteroatoms. The molecule has 3 N–H and O–H groups in total. The van der Waals surface area contributed by atoms with Crippen LogP contribution in [0.3, 0.4) is 0 Å². The van der Waals surface area contributed by atoms with Gasteiger partial charge in [-0.25, -0.2) is 4.79 Å². The number of nitrogens with zero attached hydrogens (tertiary/aromatic N) is 1. The number of carbonyl (C=O) groups is 1. The SMILES string of the molecule is CC(O)(CNc1nc2ccccc2o1)C(=O)O. The molecule has 0 bridgehead atoms. The highest BCUT2D eigenvalue weighted by atomic mass is 16.4. The van der Waals surface area contributed by atoms with Gasteiger partial charge < -0.3 is 19.9 Å². The van der Waals surface area contributed by atoms with E-state index in [1.807, 2.05) is 12.1 Å². The van der Waals surface area contributed by atoms with Crippen LogP contribution in [0, 0.1) is 0 Å². The molecule has 0 saturated carbocycles. The second-order valence-electron chi connectivity index (χ2n) is 3.92. The molecule has 0 aliphatic heterocycles. The number of aliphatic carboxylic acids is 1. The zero-order valence-electron chi connectivity index (χ0n) is 9.17. The van der Waals surface area contributed by atoms with Crippen molar-refractivity contribution >= 4 is 23.1 Å². The van der Waals surface area contributed by atoms with Crippen molar-refractivity contribution in [1.29, 1.82) is 0 Å². The summed E-state index contributed by atoms with van der Waals surface area (Å²) in [6.45, 7) is 1.01. The Bertz CT molecular complexity index is 514. The van der Waals surface area contributed by atoms with E-state index < -0.39 is 11.6 Å². The molecule has 0 spiro atoms. The van der Waals surface area contributed by atoms with E-state index >= 15 is 0 Å². The number of fused-ring (bicyclic) bond motifs is 1. The molecule has 17 heavy (non-hydrogen) atoms. The van der Waals surface area contributed by atoms with Gasteiger partial charge in [0.05, 0.1) is 6.54 Å². The minimum absolute atomic E-state index is 0.185. The van der Waals surface area contributed by atoms with Gasteiger partial charge in [-0.05, 0) is 19.1 Å². The van der Waals surface area contributed by atoms with Gasteiger partial charge in [0.2, 0.25) is 0 Å². The van der Waals surface area contributed by atoms with E-state index in [2.05, 4.69) is 10.3 Å². The van der Waals surface area contributed by atoms with Gasteiger partial charge in [-0.3, -0.25) is 0 Å². The zero-order chi connectivity index (χ0) is 12.5. The molecule has 1 aromatic heterocycles. The van der Waals surface area contributed by atoms with Gasteiger partial charge in [-0.15, -0.1) is 0 Å². The van der Waals surface area contributed by atoms with E-state index in [9.17, 15) is 9.90 Å². The van der Waals surface area contributed by atoms with Crippen molar-refractivity contribution in [2.24, 2.45) is 0 Å². The molecule has 0 amide bonds. The molecule has 1 heterocycles. The molecular formula is C11H12N2O4. The highest BCUT2D eigenvalue weighted by Crippen LogP contribution is 2.18. The molecule has 0 fully saturated rings. The number of hydrogen-bond acceptors (Lipinski definition) is 5. The molecular weight excluding hydrogens is 224 g/mol. The third-order valence-electron chi connectivity index (χ3n) is 2.34. The molecule has 2 aromatic rings. The van der Waals surface area contributed by atoms with Crippen LogP contribution >= 0.6 is 0 Å². The third-order valence-corrected chi connectivity index (χ3v) is 2.34. The zero-order valence-corrected chi connectivity index (χ0v) is 9.17. The number of nitrogens with one attached hydrogen (secondary N) is 1. The number of aliphatic hydroxyl groups is 1. The number of carboxylic acid groups (broad SMARTS) is 1. The first-order valence-electron chi connectivity index (χ1n) is 5.04. The predicted molar refractivity (Wildman–Crippen MR) is 60.8 cm³/mol. The minimum atomic E-state index is -1.86. The van der Waals surface area contributed by atoms with Crippen LogP contribution in [0.1, 0.15) is 6.92 Å². The Morgan fingerprint density at radius 3 is 2.88 bits per heavy atom. The van der Waals surface area contributed by atoms with Crippen molar-refractivity contribution in [2.45, 2.75) is 12.5 Å². The molecule has 1 unspecified atom stereocenters. The molecule has 1 aromatic carbocycles. The van der Waals surface area contributed by atoms with Crippen LogP contribution in [0.5, 0.6) is 0 Å². The topological polar surface area (TPSA) is 95.6 Å². The molecule has 0 radical (unpaired) electrons. The second kappa shape index (κ2) is 4.06. The predicted octanol–water partition coefficient (Wildman–Crippen LogP) is 1.08.